The molecule has 1 aliphatic heterocycles. The maximum atomic E-state index is 6.01. The minimum atomic E-state index is 0.309. The van der Waals surface area contributed by atoms with Gasteiger partial charge in [0.05, 0.1) is 37.4 Å². The van der Waals surface area contributed by atoms with Crippen LogP contribution in [0.25, 0.3) is 0 Å². The Kier molecular flexibility index (Phi) is 7.25. The summed E-state index contributed by atoms with van der Waals surface area (Å²) in [6, 6.07) is 15.4. The zero-order chi connectivity index (χ0) is 21.3. The minimum absolute atomic E-state index is 0.309. The fourth-order valence-electron chi connectivity index (χ4n) is 3.04. The molecule has 0 spiro atoms. The van der Waals surface area contributed by atoms with Crippen LogP contribution in [0.5, 0.6) is 6.01 Å². The van der Waals surface area contributed by atoms with Gasteiger partial charge in [-0.3, -0.25) is 10.4 Å². The summed E-state index contributed by atoms with van der Waals surface area (Å²) in [6.45, 7) is 3.30. The molecule has 2 aromatic heterocycles. The monoisotopic (exact) mass is 438 g/mol. The third-order valence-electron chi connectivity index (χ3n) is 4.58. The molecule has 1 N–H and O–H groups in total. The average molecular weight is 439 g/mol. The van der Waals surface area contributed by atoms with Crippen molar-refractivity contribution in [1.82, 2.24) is 15.0 Å². The van der Waals surface area contributed by atoms with Crippen LogP contribution >= 0.6 is 11.6 Å². The standard InChI is InChI=1S/C22H23ClN6O2/c23-17-4-3-6-19(14-17)28-25-16-20-15-21(29-9-12-30-13-10-29)27-22(26-20)31-11-7-18-5-1-2-8-24-18/h1-6,8,14-16,28H,7,9-13H2. The first kappa shape index (κ1) is 21.0. The van der Waals surface area contributed by atoms with E-state index in [0.29, 0.717) is 43.0 Å². The second kappa shape index (κ2) is 10.7. The van der Waals surface area contributed by atoms with Gasteiger partial charge in [-0.1, -0.05) is 23.7 Å². The summed E-state index contributed by atoms with van der Waals surface area (Å²) in [4.78, 5) is 15.5. The van der Waals surface area contributed by atoms with Crippen LogP contribution in [0.3, 0.4) is 0 Å². The molecular formula is C22H23ClN6O2. The molecule has 0 amide bonds. The number of pyridine rings is 1. The summed E-state index contributed by atoms with van der Waals surface area (Å²) >= 11 is 6.01. The van der Waals surface area contributed by atoms with E-state index in [4.69, 9.17) is 21.1 Å². The van der Waals surface area contributed by atoms with Crippen molar-refractivity contribution in [2.75, 3.05) is 43.2 Å². The van der Waals surface area contributed by atoms with E-state index in [9.17, 15) is 0 Å². The van der Waals surface area contributed by atoms with Crippen LogP contribution in [0.1, 0.15) is 11.4 Å². The average Bonchev–Trinajstić information content (AvgIpc) is 2.80. The Morgan fingerprint density at radius 1 is 1.13 bits per heavy atom. The zero-order valence-electron chi connectivity index (χ0n) is 16.9. The van der Waals surface area contributed by atoms with Crippen LogP contribution in [0, 0.1) is 0 Å². The van der Waals surface area contributed by atoms with Crippen LogP contribution in [-0.4, -0.2) is 54.1 Å². The van der Waals surface area contributed by atoms with E-state index >= 15 is 0 Å². The van der Waals surface area contributed by atoms with E-state index in [2.05, 4.69) is 30.4 Å². The Balaban J connectivity index is 1.47. The first-order chi connectivity index (χ1) is 15.3. The first-order valence-corrected chi connectivity index (χ1v) is 10.4. The number of hydrogen-bond acceptors (Lipinski definition) is 8. The van der Waals surface area contributed by atoms with Crippen molar-refractivity contribution in [2.24, 2.45) is 5.10 Å². The normalized spacial score (nSPS) is 14.0. The highest BCUT2D eigenvalue weighted by atomic mass is 35.5. The largest absolute Gasteiger partial charge is 0.463 e. The van der Waals surface area contributed by atoms with Crippen molar-refractivity contribution in [3.63, 3.8) is 0 Å². The van der Waals surface area contributed by atoms with Crippen molar-refractivity contribution < 1.29 is 9.47 Å². The maximum absolute atomic E-state index is 6.01. The second-order valence-electron chi connectivity index (χ2n) is 6.83. The van der Waals surface area contributed by atoms with E-state index in [0.717, 1.165) is 30.3 Å². The van der Waals surface area contributed by atoms with Gasteiger partial charge >= 0.3 is 6.01 Å². The highest BCUT2D eigenvalue weighted by molar-refractivity contribution is 6.30. The van der Waals surface area contributed by atoms with E-state index in [1.807, 2.05) is 42.5 Å². The predicted octanol–water partition coefficient (Wildman–Crippen LogP) is 3.43. The molecule has 0 saturated carbocycles. The molecule has 160 valence electrons. The second-order valence-corrected chi connectivity index (χ2v) is 7.27. The van der Waals surface area contributed by atoms with Gasteiger partial charge in [0.1, 0.15) is 5.82 Å². The lowest BCUT2D eigenvalue weighted by molar-refractivity contribution is 0.122. The number of ether oxygens (including phenoxy) is 2. The van der Waals surface area contributed by atoms with Gasteiger partial charge in [0.25, 0.3) is 0 Å². The molecule has 4 rings (SSSR count). The minimum Gasteiger partial charge on any atom is -0.463 e. The van der Waals surface area contributed by atoms with Crippen molar-refractivity contribution >= 4 is 29.3 Å². The van der Waals surface area contributed by atoms with E-state index in [-0.39, 0.29) is 0 Å². The lowest BCUT2D eigenvalue weighted by atomic mass is 10.3. The fraction of sp³-hybridized carbons (Fsp3) is 0.273. The van der Waals surface area contributed by atoms with Crippen molar-refractivity contribution in [2.45, 2.75) is 6.42 Å². The molecule has 3 heterocycles. The number of hydrogen-bond donors (Lipinski definition) is 1. The molecule has 31 heavy (non-hydrogen) atoms. The Morgan fingerprint density at radius 3 is 2.84 bits per heavy atom. The smallest absolute Gasteiger partial charge is 0.318 e. The first-order valence-electron chi connectivity index (χ1n) is 10.1. The summed E-state index contributed by atoms with van der Waals surface area (Å²) in [5.41, 5.74) is 5.34. The van der Waals surface area contributed by atoms with Gasteiger partial charge in [-0.25, -0.2) is 0 Å². The van der Waals surface area contributed by atoms with Crippen LogP contribution < -0.4 is 15.1 Å². The molecule has 1 fully saturated rings. The number of halogens is 1. The molecular weight excluding hydrogens is 416 g/mol. The molecule has 0 atom stereocenters. The van der Waals surface area contributed by atoms with Crippen molar-refractivity contribution in [3.8, 4) is 6.01 Å². The van der Waals surface area contributed by atoms with E-state index in [1.54, 1.807) is 18.5 Å². The number of aromatic nitrogens is 3. The molecule has 9 heteroatoms. The molecule has 0 unspecified atom stereocenters. The number of hydrazone groups is 1. The lowest BCUT2D eigenvalue weighted by Gasteiger charge is -2.28. The Bertz CT molecular complexity index is 1010. The number of nitrogens with one attached hydrogen (secondary N) is 1. The fourth-order valence-corrected chi connectivity index (χ4v) is 3.23. The molecule has 0 radical (unpaired) electrons. The van der Waals surface area contributed by atoms with Crippen molar-refractivity contribution in [3.05, 3.63) is 71.1 Å². The Hall–Kier alpha value is -3.23. The summed E-state index contributed by atoms with van der Waals surface area (Å²) in [5, 5.41) is 4.91. The quantitative estimate of drug-likeness (QED) is 0.426. The maximum Gasteiger partial charge on any atom is 0.318 e. The molecule has 1 aliphatic rings. The SMILES string of the molecule is Clc1cccc(NN=Cc2cc(N3CCOCC3)nc(OCCc3ccccn3)n2)c1. The lowest BCUT2D eigenvalue weighted by Crippen LogP contribution is -2.37. The molecule has 3 aromatic rings. The van der Waals surface area contributed by atoms with Crippen LogP contribution in [0.2, 0.25) is 5.02 Å². The van der Waals surface area contributed by atoms with E-state index in [1.165, 1.54) is 0 Å². The van der Waals surface area contributed by atoms with Gasteiger partial charge in [0.2, 0.25) is 0 Å². The van der Waals surface area contributed by atoms with Gasteiger partial charge in [0.15, 0.2) is 0 Å². The Labute approximate surface area is 185 Å². The van der Waals surface area contributed by atoms with Gasteiger partial charge in [-0.2, -0.15) is 15.1 Å². The summed E-state index contributed by atoms with van der Waals surface area (Å²) in [5.74, 6) is 0.787. The van der Waals surface area contributed by atoms with Crippen molar-refractivity contribution in [1.29, 1.82) is 0 Å². The van der Waals surface area contributed by atoms with Gasteiger partial charge in [-0.15, -0.1) is 0 Å². The van der Waals surface area contributed by atoms with Crippen LogP contribution in [0.4, 0.5) is 11.5 Å². The molecule has 8 nitrogen and oxygen atoms in total. The number of rotatable bonds is 8. The molecule has 1 aromatic carbocycles. The number of morpholine rings is 1. The molecule has 0 aliphatic carbocycles. The molecule has 1 saturated heterocycles. The molecule has 0 bridgehead atoms. The number of benzene rings is 1. The van der Waals surface area contributed by atoms with Gasteiger partial charge in [0, 0.05) is 42.5 Å². The van der Waals surface area contributed by atoms with Crippen LogP contribution in [-0.2, 0) is 11.2 Å². The summed E-state index contributed by atoms with van der Waals surface area (Å²) < 4.78 is 11.3. The highest BCUT2D eigenvalue weighted by Gasteiger charge is 2.15. The number of anilines is 2. The van der Waals surface area contributed by atoms with Gasteiger partial charge < -0.3 is 14.4 Å². The third kappa shape index (κ3) is 6.37. The van der Waals surface area contributed by atoms with Crippen LogP contribution in [0.15, 0.2) is 59.8 Å². The van der Waals surface area contributed by atoms with Gasteiger partial charge in [-0.05, 0) is 30.3 Å². The summed E-state index contributed by atoms with van der Waals surface area (Å²) in [7, 11) is 0. The predicted molar refractivity (Wildman–Crippen MR) is 121 cm³/mol. The van der Waals surface area contributed by atoms with E-state index < -0.39 is 0 Å². The topological polar surface area (TPSA) is 84.8 Å². The number of nitrogens with zero attached hydrogens (tertiary/aromatic N) is 5. The Morgan fingerprint density at radius 2 is 2.03 bits per heavy atom. The summed E-state index contributed by atoms with van der Waals surface area (Å²) in [6.07, 6.45) is 4.08. The zero-order valence-corrected chi connectivity index (χ0v) is 17.7. The highest BCUT2D eigenvalue weighted by Crippen LogP contribution is 2.18. The third-order valence-corrected chi connectivity index (χ3v) is 4.81.